The van der Waals surface area contributed by atoms with E-state index in [-0.39, 0.29) is 5.56 Å². The van der Waals surface area contributed by atoms with E-state index >= 15 is 0 Å². The minimum absolute atomic E-state index is 0.0618. The zero-order valence-corrected chi connectivity index (χ0v) is 8.60. The van der Waals surface area contributed by atoms with Crippen LogP contribution in [-0.2, 0) is 11.8 Å². The van der Waals surface area contributed by atoms with Crippen LogP contribution < -0.4 is 0 Å². The van der Waals surface area contributed by atoms with Crippen molar-refractivity contribution in [3.63, 3.8) is 0 Å². The number of carboxylic acids is 2. The van der Waals surface area contributed by atoms with Crippen molar-refractivity contribution in [3.05, 3.63) is 23.5 Å². The van der Waals surface area contributed by atoms with Gasteiger partial charge in [-0.05, 0) is 12.5 Å². The summed E-state index contributed by atoms with van der Waals surface area (Å²) in [4.78, 5) is 21.8. The first-order valence-corrected chi connectivity index (χ1v) is 4.60. The van der Waals surface area contributed by atoms with Crippen molar-refractivity contribution in [2.75, 3.05) is 0 Å². The fraction of sp³-hybridized carbons (Fsp3) is 0.400. The van der Waals surface area contributed by atoms with Crippen LogP contribution in [0.5, 0.6) is 0 Å². The highest BCUT2D eigenvalue weighted by Crippen LogP contribution is 2.24. The number of aliphatic carboxylic acids is 1. The van der Waals surface area contributed by atoms with Gasteiger partial charge in [0.2, 0.25) is 0 Å². The summed E-state index contributed by atoms with van der Waals surface area (Å²) in [5.41, 5.74) is 0.407. The first-order chi connectivity index (χ1) is 6.99. The lowest BCUT2D eigenvalue weighted by Crippen LogP contribution is -2.17. The smallest absolute Gasteiger partial charge is 0.337 e. The molecule has 1 rings (SSSR count). The number of aromatic carboxylic acids is 1. The summed E-state index contributed by atoms with van der Waals surface area (Å²) in [5, 5.41) is 17.9. The lowest BCUT2D eigenvalue weighted by atomic mass is 9.99. The number of nitrogens with zero attached hydrogens (tertiary/aromatic N) is 1. The monoisotopic (exact) mass is 211 g/mol. The Morgan fingerprint density at radius 3 is 2.47 bits per heavy atom. The largest absolute Gasteiger partial charge is 0.481 e. The molecule has 5 heteroatoms. The lowest BCUT2D eigenvalue weighted by Gasteiger charge is -2.12. The molecule has 0 fully saturated rings. The van der Waals surface area contributed by atoms with Gasteiger partial charge in [-0.1, -0.05) is 6.92 Å². The molecule has 0 bridgehead atoms. The number of aromatic nitrogens is 1. The summed E-state index contributed by atoms with van der Waals surface area (Å²) in [7, 11) is 1.65. The maximum absolute atomic E-state index is 10.9. The predicted octanol–water partition coefficient (Wildman–Crippen LogP) is 1.30. The average molecular weight is 211 g/mol. The summed E-state index contributed by atoms with van der Waals surface area (Å²) in [6, 6.07) is 1.42. The second-order valence-corrected chi connectivity index (χ2v) is 3.33. The Morgan fingerprint density at radius 2 is 2.07 bits per heavy atom. The van der Waals surface area contributed by atoms with E-state index in [2.05, 4.69) is 0 Å². The maximum Gasteiger partial charge on any atom is 0.337 e. The highest BCUT2D eigenvalue weighted by Gasteiger charge is 2.26. The Kier molecular flexibility index (Phi) is 3.14. The normalized spacial score (nSPS) is 12.4. The molecule has 5 nitrogen and oxygen atoms in total. The van der Waals surface area contributed by atoms with Crippen molar-refractivity contribution in [2.45, 2.75) is 19.3 Å². The molecule has 15 heavy (non-hydrogen) atoms. The highest BCUT2D eigenvalue weighted by molar-refractivity contribution is 5.91. The van der Waals surface area contributed by atoms with Gasteiger partial charge in [-0.2, -0.15) is 0 Å². The number of rotatable bonds is 4. The average Bonchev–Trinajstić information content (AvgIpc) is 2.49. The Hall–Kier alpha value is -1.78. The third-order valence-corrected chi connectivity index (χ3v) is 2.39. The van der Waals surface area contributed by atoms with E-state index in [9.17, 15) is 9.59 Å². The molecule has 0 aliphatic carbocycles. The molecule has 1 aromatic heterocycles. The zero-order valence-electron chi connectivity index (χ0n) is 8.60. The number of aryl methyl sites for hydroxylation is 1. The van der Waals surface area contributed by atoms with E-state index in [4.69, 9.17) is 10.2 Å². The minimum Gasteiger partial charge on any atom is -0.481 e. The molecule has 0 spiro atoms. The Balaban J connectivity index is 3.26. The molecule has 0 saturated heterocycles. The summed E-state index contributed by atoms with van der Waals surface area (Å²) < 4.78 is 1.55. The third kappa shape index (κ3) is 2.01. The fourth-order valence-electron chi connectivity index (χ4n) is 1.64. The maximum atomic E-state index is 10.9. The van der Waals surface area contributed by atoms with E-state index in [0.29, 0.717) is 12.1 Å². The van der Waals surface area contributed by atoms with Gasteiger partial charge in [0.05, 0.1) is 11.5 Å². The van der Waals surface area contributed by atoms with Gasteiger partial charge in [0.25, 0.3) is 0 Å². The molecule has 0 amide bonds. The van der Waals surface area contributed by atoms with Crippen LogP contribution in [0.15, 0.2) is 12.3 Å². The molecule has 2 N–H and O–H groups in total. The molecular formula is C10H13NO4. The molecule has 0 aromatic carbocycles. The standard InChI is InChI=1S/C10H13NO4/c1-3-6(9(12)13)8-7(10(14)15)4-5-11(8)2/h4-6H,3H2,1-2H3,(H,12,13)(H,14,15). The summed E-state index contributed by atoms with van der Waals surface area (Å²) in [5.74, 6) is -2.86. The van der Waals surface area contributed by atoms with Crippen LogP contribution in [0, 0.1) is 0 Å². The Bertz CT molecular complexity index is 394. The van der Waals surface area contributed by atoms with E-state index in [1.54, 1.807) is 24.7 Å². The van der Waals surface area contributed by atoms with E-state index in [1.165, 1.54) is 6.07 Å². The van der Waals surface area contributed by atoms with Crippen molar-refractivity contribution < 1.29 is 19.8 Å². The van der Waals surface area contributed by atoms with Gasteiger partial charge in [0, 0.05) is 18.9 Å². The predicted molar refractivity (Wildman–Crippen MR) is 53.0 cm³/mol. The van der Waals surface area contributed by atoms with Crippen LogP contribution in [0.3, 0.4) is 0 Å². The number of carbonyl (C=O) groups is 2. The number of hydrogen-bond acceptors (Lipinski definition) is 2. The molecule has 82 valence electrons. The Labute approximate surface area is 87.0 Å². The summed E-state index contributed by atoms with van der Waals surface area (Å²) in [6.45, 7) is 1.72. The van der Waals surface area contributed by atoms with Gasteiger partial charge in [0.1, 0.15) is 0 Å². The van der Waals surface area contributed by atoms with Crippen LogP contribution >= 0.6 is 0 Å². The quantitative estimate of drug-likeness (QED) is 0.786. The fourth-order valence-corrected chi connectivity index (χ4v) is 1.64. The summed E-state index contributed by atoms with van der Waals surface area (Å²) in [6.07, 6.45) is 1.93. The van der Waals surface area contributed by atoms with Crippen LogP contribution in [0.25, 0.3) is 0 Å². The molecule has 0 saturated carbocycles. The van der Waals surface area contributed by atoms with Gasteiger partial charge in [0.15, 0.2) is 0 Å². The molecule has 0 aliphatic heterocycles. The summed E-state index contributed by atoms with van der Waals surface area (Å²) >= 11 is 0. The van der Waals surface area contributed by atoms with Crippen molar-refractivity contribution in [3.8, 4) is 0 Å². The van der Waals surface area contributed by atoms with Crippen molar-refractivity contribution in [2.24, 2.45) is 7.05 Å². The number of carboxylic acid groups (broad SMARTS) is 2. The van der Waals surface area contributed by atoms with Crippen LogP contribution in [0.1, 0.15) is 35.3 Å². The van der Waals surface area contributed by atoms with Gasteiger partial charge in [-0.25, -0.2) is 4.79 Å². The van der Waals surface area contributed by atoms with E-state index < -0.39 is 17.9 Å². The van der Waals surface area contributed by atoms with Crippen LogP contribution in [-0.4, -0.2) is 26.7 Å². The third-order valence-electron chi connectivity index (χ3n) is 2.39. The lowest BCUT2D eigenvalue weighted by molar-refractivity contribution is -0.139. The second-order valence-electron chi connectivity index (χ2n) is 3.33. The first kappa shape index (κ1) is 11.3. The van der Waals surface area contributed by atoms with Crippen molar-refractivity contribution in [1.29, 1.82) is 0 Å². The molecule has 1 atom stereocenters. The number of hydrogen-bond donors (Lipinski definition) is 2. The molecule has 1 heterocycles. The van der Waals surface area contributed by atoms with E-state index in [0.717, 1.165) is 0 Å². The second kappa shape index (κ2) is 4.16. The van der Waals surface area contributed by atoms with Gasteiger partial charge in [-0.15, -0.1) is 0 Å². The van der Waals surface area contributed by atoms with Crippen molar-refractivity contribution in [1.82, 2.24) is 4.57 Å². The topological polar surface area (TPSA) is 79.5 Å². The van der Waals surface area contributed by atoms with Crippen LogP contribution in [0.4, 0.5) is 0 Å². The van der Waals surface area contributed by atoms with Crippen molar-refractivity contribution >= 4 is 11.9 Å². The zero-order chi connectivity index (χ0) is 11.6. The van der Waals surface area contributed by atoms with Gasteiger partial charge in [-0.3, -0.25) is 4.79 Å². The SMILES string of the molecule is CCC(C(=O)O)c1c(C(=O)O)ccn1C. The molecule has 0 aliphatic rings. The molecular weight excluding hydrogens is 198 g/mol. The molecule has 0 radical (unpaired) electrons. The highest BCUT2D eigenvalue weighted by atomic mass is 16.4. The molecule has 1 unspecified atom stereocenters. The van der Waals surface area contributed by atoms with Gasteiger partial charge >= 0.3 is 11.9 Å². The van der Waals surface area contributed by atoms with E-state index in [1.807, 2.05) is 0 Å². The Morgan fingerprint density at radius 1 is 1.47 bits per heavy atom. The molecule has 1 aromatic rings. The first-order valence-electron chi connectivity index (χ1n) is 4.60. The van der Waals surface area contributed by atoms with Crippen LogP contribution in [0.2, 0.25) is 0 Å². The van der Waals surface area contributed by atoms with Gasteiger partial charge < -0.3 is 14.8 Å². The minimum atomic E-state index is -1.09.